The van der Waals surface area contributed by atoms with Crippen LogP contribution in [0.1, 0.15) is 12.5 Å². The molecule has 1 saturated heterocycles. The second-order valence-electron chi connectivity index (χ2n) is 5.84. The van der Waals surface area contributed by atoms with E-state index in [0.29, 0.717) is 12.6 Å². The van der Waals surface area contributed by atoms with Gasteiger partial charge in [0.25, 0.3) is 0 Å². The summed E-state index contributed by atoms with van der Waals surface area (Å²) < 4.78 is 5.46. The normalized spacial score (nSPS) is 15.2. The molecule has 1 fully saturated rings. The number of piperazine rings is 1. The Morgan fingerprint density at radius 1 is 1.12 bits per heavy atom. The maximum absolute atomic E-state index is 10.7. The molecule has 2 aromatic rings. The van der Waals surface area contributed by atoms with Gasteiger partial charge in [0.2, 0.25) is 5.95 Å². The predicted octanol–water partition coefficient (Wildman–Crippen LogP) is 2.11. The van der Waals surface area contributed by atoms with E-state index in [1.165, 1.54) is 18.0 Å². The lowest BCUT2D eigenvalue weighted by Crippen LogP contribution is -2.46. The third kappa shape index (κ3) is 4.42. The highest BCUT2D eigenvalue weighted by molar-refractivity contribution is 5.34. The predicted molar refractivity (Wildman–Crippen MR) is 93.8 cm³/mol. The molecule has 0 atom stereocenters. The van der Waals surface area contributed by atoms with Crippen molar-refractivity contribution in [2.75, 3.05) is 37.7 Å². The van der Waals surface area contributed by atoms with E-state index in [0.717, 1.165) is 38.5 Å². The monoisotopic (exact) mass is 343 g/mol. The molecule has 0 unspecified atom stereocenters. The number of rotatable bonds is 6. The fraction of sp³-hybridized carbons (Fsp3) is 0.412. The van der Waals surface area contributed by atoms with Gasteiger partial charge < -0.3 is 9.64 Å². The third-order valence-corrected chi connectivity index (χ3v) is 4.13. The molecule has 1 aliphatic rings. The van der Waals surface area contributed by atoms with Gasteiger partial charge in [-0.15, -0.1) is 0 Å². The minimum atomic E-state index is -0.488. The molecule has 25 heavy (non-hydrogen) atoms. The summed E-state index contributed by atoms with van der Waals surface area (Å²) >= 11 is 0. The molecule has 2 heterocycles. The molecule has 132 valence electrons. The lowest BCUT2D eigenvalue weighted by Gasteiger charge is -2.34. The number of hydrogen-bond donors (Lipinski definition) is 0. The van der Waals surface area contributed by atoms with Gasteiger partial charge >= 0.3 is 5.69 Å². The van der Waals surface area contributed by atoms with E-state index in [2.05, 4.69) is 31.9 Å². The average molecular weight is 343 g/mol. The van der Waals surface area contributed by atoms with E-state index < -0.39 is 4.92 Å². The molecule has 0 amide bonds. The van der Waals surface area contributed by atoms with Crippen LogP contribution in [0.15, 0.2) is 36.7 Å². The summed E-state index contributed by atoms with van der Waals surface area (Å²) in [4.78, 5) is 22.8. The van der Waals surface area contributed by atoms with Crippen molar-refractivity contribution in [3.05, 3.63) is 52.3 Å². The zero-order chi connectivity index (χ0) is 17.6. The van der Waals surface area contributed by atoms with Gasteiger partial charge in [0.1, 0.15) is 18.1 Å². The second kappa shape index (κ2) is 7.89. The van der Waals surface area contributed by atoms with E-state index in [4.69, 9.17) is 4.74 Å². The summed E-state index contributed by atoms with van der Waals surface area (Å²) in [7, 11) is 0. The van der Waals surface area contributed by atoms with Crippen molar-refractivity contribution in [2.45, 2.75) is 13.5 Å². The van der Waals surface area contributed by atoms with Gasteiger partial charge in [-0.3, -0.25) is 15.0 Å². The Balaban J connectivity index is 1.52. The van der Waals surface area contributed by atoms with Crippen LogP contribution in [0.3, 0.4) is 0 Å². The molecule has 0 saturated carbocycles. The number of anilines is 1. The Bertz CT molecular complexity index is 697. The highest BCUT2D eigenvalue weighted by atomic mass is 16.6. The van der Waals surface area contributed by atoms with E-state index in [1.807, 2.05) is 19.1 Å². The Morgan fingerprint density at radius 3 is 2.32 bits per heavy atom. The van der Waals surface area contributed by atoms with Gasteiger partial charge in [0, 0.05) is 32.7 Å². The summed E-state index contributed by atoms with van der Waals surface area (Å²) in [5.74, 6) is 1.44. The highest BCUT2D eigenvalue weighted by Gasteiger charge is 2.19. The van der Waals surface area contributed by atoms with Crippen molar-refractivity contribution in [2.24, 2.45) is 0 Å². The molecule has 0 N–H and O–H groups in total. The Morgan fingerprint density at radius 2 is 1.76 bits per heavy atom. The van der Waals surface area contributed by atoms with Crippen LogP contribution in [0.5, 0.6) is 5.75 Å². The summed E-state index contributed by atoms with van der Waals surface area (Å²) in [6, 6.07) is 8.19. The highest BCUT2D eigenvalue weighted by Crippen LogP contribution is 2.17. The SMILES string of the molecule is CCOc1ccc(CN2CCN(c3ncc([N+](=O)[O-])cn3)CC2)cc1. The molecular weight excluding hydrogens is 322 g/mol. The lowest BCUT2D eigenvalue weighted by atomic mass is 10.2. The first-order valence-corrected chi connectivity index (χ1v) is 8.31. The summed E-state index contributed by atoms with van der Waals surface area (Å²) in [5.41, 5.74) is 1.17. The maximum Gasteiger partial charge on any atom is 0.305 e. The largest absolute Gasteiger partial charge is 0.494 e. The summed E-state index contributed by atoms with van der Waals surface area (Å²) in [5, 5.41) is 10.7. The van der Waals surface area contributed by atoms with E-state index in [-0.39, 0.29) is 5.69 Å². The van der Waals surface area contributed by atoms with Gasteiger partial charge in [-0.2, -0.15) is 0 Å². The first kappa shape index (κ1) is 17.1. The number of aromatic nitrogens is 2. The molecule has 8 heteroatoms. The molecule has 1 aromatic carbocycles. The van der Waals surface area contributed by atoms with Gasteiger partial charge in [-0.25, -0.2) is 9.97 Å². The molecule has 0 spiro atoms. The van der Waals surface area contributed by atoms with Crippen LogP contribution in [0.2, 0.25) is 0 Å². The molecule has 8 nitrogen and oxygen atoms in total. The number of benzene rings is 1. The van der Waals surface area contributed by atoms with Crippen LogP contribution >= 0.6 is 0 Å². The standard InChI is InChI=1S/C17H21N5O3/c1-2-25-16-5-3-14(4-6-16)13-20-7-9-21(10-8-20)17-18-11-15(12-19-17)22(23)24/h3-6,11-12H,2,7-10,13H2,1H3. The van der Waals surface area contributed by atoms with E-state index in [1.54, 1.807) is 0 Å². The number of hydrogen-bond acceptors (Lipinski definition) is 7. The number of nitro groups is 1. The Labute approximate surface area is 146 Å². The topological polar surface area (TPSA) is 84.6 Å². The fourth-order valence-electron chi connectivity index (χ4n) is 2.79. The second-order valence-corrected chi connectivity index (χ2v) is 5.84. The van der Waals surface area contributed by atoms with E-state index in [9.17, 15) is 10.1 Å². The van der Waals surface area contributed by atoms with Crippen molar-refractivity contribution >= 4 is 11.6 Å². The molecule has 3 rings (SSSR count). The van der Waals surface area contributed by atoms with Crippen LogP contribution in [0.25, 0.3) is 0 Å². The van der Waals surface area contributed by atoms with Crippen molar-refractivity contribution in [1.82, 2.24) is 14.9 Å². The first-order chi connectivity index (χ1) is 12.2. The van der Waals surface area contributed by atoms with Crippen LogP contribution in [-0.2, 0) is 6.54 Å². The van der Waals surface area contributed by atoms with Crippen molar-refractivity contribution in [3.63, 3.8) is 0 Å². The van der Waals surface area contributed by atoms with Crippen LogP contribution in [0, 0.1) is 10.1 Å². The molecule has 1 aromatic heterocycles. The molecule has 0 bridgehead atoms. The van der Waals surface area contributed by atoms with Crippen LogP contribution < -0.4 is 9.64 Å². The quantitative estimate of drug-likeness (QED) is 0.586. The smallest absolute Gasteiger partial charge is 0.305 e. The minimum absolute atomic E-state index is 0.0853. The Kier molecular flexibility index (Phi) is 5.39. The zero-order valence-electron chi connectivity index (χ0n) is 14.2. The van der Waals surface area contributed by atoms with E-state index >= 15 is 0 Å². The van der Waals surface area contributed by atoms with Crippen LogP contribution in [-0.4, -0.2) is 52.6 Å². The van der Waals surface area contributed by atoms with Crippen molar-refractivity contribution < 1.29 is 9.66 Å². The maximum atomic E-state index is 10.7. The Hall–Kier alpha value is -2.74. The van der Waals surface area contributed by atoms with Crippen molar-refractivity contribution in [3.8, 4) is 5.75 Å². The molecular formula is C17H21N5O3. The lowest BCUT2D eigenvalue weighted by molar-refractivity contribution is -0.385. The summed E-state index contributed by atoms with van der Waals surface area (Å²) in [6.45, 7) is 6.93. The van der Waals surface area contributed by atoms with Gasteiger partial charge in [-0.05, 0) is 24.6 Å². The average Bonchev–Trinajstić information content (AvgIpc) is 2.64. The minimum Gasteiger partial charge on any atom is -0.494 e. The van der Waals surface area contributed by atoms with Gasteiger partial charge in [0.05, 0.1) is 11.5 Å². The molecule has 0 aliphatic carbocycles. The number of ether oxygens (including phenoxy) is 1. The van der Waals surface area contributed by atoms with Gasteiger partial charge in [-0.1, -0.05) is 12.1 Å². The fourth-order valence-corrected chi connectivity index (χ4v) is 2.79. The third-order valence-electron chi connectivity index (χ3n) is 4.13. The van der Waals surface area contributed by atoms with Crippen LogP contribution in [0.4, 0.5) is 11.6 Å². The number of nitrogens with zero attached hydrogens (tertiary/aromatic N) is 5. The van der Waals surface area contributed by atoms with Crippen molar-refractivity contribution in [1.29, 1.82) is 0 Å². The van der Waals surface area contributed by atoms with Gasteiger partial charge in [0.15, 0.2) is 0 Å². The molecule has 0 radical (unpaired) electrons. The summed E-state index contributed by atoms with van der Waals surface area (Å²) in [6.07, 6.45) is 2.52. The zero-order valence-corrected chi connectivity index (χ0v) is 14.2. The first-order valence-electron chi connectivity index (χ1n) is 8.31. The molecule has 1 aliphatic heterocycles.